The monoisotopic (exact) mass is 316 g/mol. The van der Waals surface area contributed by atoms with Crippen LogP contribution in [0.2, 0.25) is 0 Å². The molecule has 3 nitrogen and oxygen atoms in total. The van der Waals surface area contributed by atoms with Gasteiger partial charge in [0.2, 0.25) is 5.91 Å². The number of H-pyrrole nitrogens is 1. The smallest absolute Gasteiger partial charge is 0.246 e. The van der Waals surface area contributed by atoms with Crippen molar-refractivity contribution in [1.82, 2.24) is 9.88 Å². The molecule has 0 saturated carbocycles. The predicted octanol–water partition coefficient (Wildman–Crippen LogP) is 4.07. The third-order valence-electron chi connectivity index (χ3n) is 4.79. The van der Waals surface area contributed by atoms with Crippen molar-refractivity contribution in [3.63, 3.8) is 0 Å². The Hall–Kier alpha value is -2.81. The third kappa shape index (κ3) is 2.62. The number of aromatic nitrogens is 1. The first-order valence-corrected chi connectivity index (χ1v) is 8.33. The van der Waals surface area contributed by atoms with Gasteiger partial charge in [-0.05, 0) is 30.2 Å². The Morgan fingerprint density at radius 2 is 1.92 bits per heavy atom. The van der Waals surface area contributed by atoms with Crippen LogP contribution in [-0.4, -0.2) is 22.3 Å². The first kappa shape index (κ1) is 14.8. The Kier molecular flexibility index (Phi) is 3.69. The summed E-state index contributed by atoms with van der Waals surface area (Å²) >= 11 is 0. The number of rotatable bonds is 2. The van der Waals surface area contributed by atoms with Gasteiger partial charge in [0.25, 0.3) is 0 Å². The summed E-state index contributed by atoms with van der Waals surface area (Å²) in [4.78, 5) is 18.0. The summed E-state index contributed by atoms with van der Waals surface area (Å²) in [5.41, 5.74) is 5.96. The summed E-state index contributed by atoms with van der Waals surface area (Å²) in [6.45, 7) is 3.50. The van der Waals surface area contributed by atoms with Crippen LogP contribution in [-0.2, 0) is 17.8 Å². The highest BCUT2D eigenvalue weighted by atomic mass is 16.2. The molecule has 3 aromatic rings. The SMILES string of the molecule is Cc1ccccc1C=CC(=O)N1CCc2[nH]c3ccccc3c2C1. The minimum Gasteiger partial charge on any atom is -0.358 e. The van der Waals surface area contributed by atoms with Gasteiger partial charge in [-0.3, -0.25) is 4.79 Å². The molecular formula is C21H20N2O. The molecule has 3 heteroatoms. The number of amides is 1. The van der Waals surface area contributed by atoms with Gasteiger partial charge in [-0.15, -0.1) is 0 Å². The fourth-order valence-corrected chi connectivity index (χ4v) is 3.39. The number of hydrogen-bond acceptors (Lipinski definition) is 1. The number of fused-ring (bicyclic) bond motifs is 3. The zero-order valence-corrected chi connectivity index (χ0v) is 13.8. The van der Waals surface area contributed by atoms with Crippen LogP contribution >= 0.6 is 0 Å². The van der Waals surface area contributed by atoms with Gasteiger partial charge in [-0.2, -0.15) is 0 Å². The van der Waals surface area contributed by atoms with E-state index in [0.717, 1.165) is 24.0 Å². The lowest BCUT2D eigenvalue weighted by atomic mass is 10.0. The quantitative estimate of drug-likeness (QED) is 0.711. The zero-order valence-electron chi connectivity index (χ0n) is 13.8. The maximum atomic E-state index is 12.6. The van der Waals surface area contributed by atoms with E-state index >= 15 is 0 Å². The van der Waals surface area contributed by atoms with Crippen LogP contribution in [0, 0.1) is 6.92 Å². The summed E-state index contributed by atoms with van der Waals surface area (Å²) in [6.07, 6.45) is 4.50. The standard InChI is InChI=1S/C21H20N2O/c1-15-6-2-3-7-16(15)10-11-21(24)23-13-12-20-18(14-23)17-8-4-5-9-19(17)22-20/h2-11,22H,12-14H2,1H3. The van der Waals surface area contributed by atoms with Crippen LogP contribution in [0.25, 0.3) is 17.0 Å². The van der Waals surface area contributed by atoms with Gasteiger partial charge in [-0.1, -0.05) is 42.5 Å². The molecule has 4 rings (SSSR count). The van der Waals surface area contributed by atoms with E-state index < -0.39 is 0 Å². The number of para-hydroxylation sites is 1. The van der Waals surface area contributed by atoms with Gasteiger partial charge in [0.05, 0.1) is 0 Å². The second-order valence-corrected chi connectivity index (χ2v) is 6.33. The minimum absolute atomic E-state index is 0.0779. The maximum absolute atomic E-state index is 12.6. The van der Waals surface area contributed by atoms with E-state index in [0.29, 0.717) is 6.54 Å². The van der Waals surface area contributed by atoms with Gasteiger partial charge in [-0.25, -0.2) is 0 Å². The number of hydrogen-bond donors (Lipinski definition) is 1. The molecule has 0 radical (unpaired) electrons. The normalized spacial score (nSPS) is 14.3. The van der Waals surface area contributed by atoms with E-state index in [4.69, 9.17) is 0 Å². The van der Waals surface area contributed by atoms with Crippen LogP contribution in [0.5, 0.6) is 0 Å². The summed E-state index contributed by atoms with van der Waals surface area (Å²) in [5.74, 6) is 0.0779. The molecule has 1 N–H and O–H groups in total. The fraction of sp³-hybridized carbons (Fsp3) is 0.190. The van der Waals surface area contributed by atoms with Crippen LogP contribution < -0.4 is 0 Å². The number of benzene rings is 2. The molecule has 0 atom stereocenters. The Balaban J connectivity index is 1.56. The topological polar surface area (TPSA) is 36.1 Å². The fourth-order valence-electron chi connectivity index (χ4n) is 3.39. The minimum atomic E-state index is 0.0779. The average molecular weight is 316 g/mol. The molecule has 0 aliphatic carbocycles. The van der Waals surface area contributed by atoms with Gasteiger partial charge in [0, 0.05) is 47.7 Å². The zero-order chi connectivity index (χ0) is 16.5. The number of aromatic amines is 1. The van der Waals surface area contributed by atoms with Gasteiger partial charge >= 0.3 is 0 Å². The molecular weight excluding hydrogens is 296 g/mol. The first-order chi connectivity index (χ1) is 11.7. The van der Waals surface area contributed by atoms with Crippen molar-refractivity contribution >= 4 is 22.9 Å². The Bertz CT molecular complexity index is 936. The Morgan fingerprint density at radius 3 is 2.79 bits per heavy atom. The van der Waals surface area contributed by atoms with Crippen LogP contribution in [0.15, 0.2) is 54.6 Å². The van der Waals surface area contributed by atoms with Crippen molar-refractivity contribution in [2.24, 2.45) is 0 Å². The van der Waals surface area contributed by atoms with Crippen LogP contribution in [0.1, 0.15) is 22.4 Å². The Morgan fingerprint density at radius 1 is 1.12 bits per heavy atom. The summed E-state index contributed by atoms with van der Waals surface area (Å²) in [5, 5.41) is 1.23. The lowest BCUT2D eigenvalue weighted by Crippen LogP contribution is -2.34. The molecule has 0 spiro atoms. The highest BCUT2D eigenvalue weighted by molar-refractivity contribution is 5.93. The second kappa shape index (κ2) is 6.00. The molecule has 1 aliphatic heterocycles. The molecule has 1 aliphatic rings. The molecule has 0 fully saturated rings. The molecule has 0 bridgehead atoms. The molecule has 1 aromatic heterocycles. The van der Waals surface area contributed by atoms with Gasteiger partial charge < -0.3 is 9.88 Å². The highest BCUT2D eigenvalue weighted by Crippen LogP contribution is 2.27. The molecule has 0 unspecified atom stereocenters. The lowest BCUT2D eigenvalue weighted by Gasteiger charge is -2.26. The molecule has 2 aromatic carbocycles. The number of carbonyl (C=O) groups excluding carboxylic acids is 1. The van der Waals surface area contributed by atoms with Crippen molar-refractivity contribution in [3.8, 4) is 0 Å². The van der Waals surface area contributed by atoms with E-state index in [1.165, 1.54) is 22.2 Å². The van der Waals surface area contributed by atoms with Crippen molar-refractivity contribution < 1.29 is 4.79 Å². The van der Waals surface area contributed by atoms with Crippen molar-refractivity contribution in [2.75, 3.05) is 6.54 Å². The molecule has 1 amide bonds. The van der Waals surface area contributed by atoms with Crippen LogP contribution in [0.4, 0.5) is 0 Å². The van der Waals surface area contributed by atoms with Crippen LogP contribution in [0.3, 0.4) is 0 Å². The van der Waals surface area contributed by atoms with Gasteiger partial charge in [0.15, 0.2) is 0 Å². The van der Waals surface area contributed by atoms with Crippen molar-refractivity contribution in [3.05, 3.63) is 77.0 Å². The molecule has 2 heterocycles. The number of aryl methyl sites for hydroxylation is 1. The first-order valence-electron chi connectivity index (χ1n) is 8.33. The summed E-state index contributed by atoms with van der Waals surface area (Å²) < 4.78 is 0. The van der Waals surface area contributed by atoms with E-state index in [1.54, 1.807) is 6.08 Å². The van der Waals surface area contributed by atoms with Crippen molar-refractivity contribution in [1.29, 1.82) is 0 Å². The highest BCUT2D eigenvalue weighted by Gasteiger charge is 2.22. The predicted molar refractivity (Wildman–Crippen MR) is 97.6 cm³/mol. The maximum Gasteiger partial charge on any atom is 0.246 e. The third-order valence-corrected chi connectivity index (χ3v) is 4.79. The van der Waals surface area contributed by atoms with Gasteiger partial charge in [0.1, 0.15) is 0 Å². The van der Waals surface area contributed by atoms with Crippen molar-refractivity contribution in [2.45, 2.75) is 19.9 Å². The molecule has 24 heavy (non-hydrogen) atoms. The lowest BCUT2D eigenvalue weighted by molar-refractivity contribution is -0.126. The number of nitrogens with one attached hydrogen (secondary N) is 1. The molecule has 120 valence electrons. The van der Waals surface area contributed by atoms with E-state index in [2.05, 4.69) is 36.2 Å². The molecule has 0 saturated heterocycles. The number of nitrogens with zero attached hydrogens (tertiary/aromatic N) is 1. The summed E-state index contributed by atoms with van der Waals surface area (Å²) in [6, 6.07) is 16.4. The second-order valence-electron chi connectivity index (χ2n) is 6.33. The summed E-state index contributed by atoms with van der Waals surface area (Å²) in [7, 11) is 0. The van der Waals surface area contributed by atoms with E-state index in [9.17, 15) is 4.79 Å². The van der Waals surface area contributed by atoms with E-state index in [1.807, 2.05) is 35.2 Å². The number of carbonyl (C=O) groups is 1. The average Bonchev–Trinajstić information content (AvgIpc) is 2.98. The Labute approximate surface area is 141 Å². The largest absolute Gasteiger partial charge is 0.358 e. The van der Waals surface area contributed by atoms with E-state index in [-0.39, 0.29) is 5.91 Å².